The molecule has 5 aliphatic carbocycles. The monoisotopic (exact) mass is 430 g/mol. The van der Waals surface area contributed by atoms with Gasteiger partial charge in [0.15, 0.2) is 0 Å². The smallest absolute Gasteiger partial charge is 0.0638 e. The summed E-state index contributed by atoms with van der Waals surface area (Å²) in [5.41, 5.74) is 1.10. The zero-order chi connectivity index (χ0) is 22.2. The predicted molar refractivity (Wildman–Crippen MR) is 128 cm³/mol. The first-order valence-corrected chi connectivity index (χ1v) is 13.8. The van der Waals surface area contributed by atoms with E-state index >= 15 is 0 Å². The Labute approximate surface area is 192 Å². The number of methoxy groups -OCH3 is 1. The van der Waals surface area contributed by atoms with Crippen LogP contribution in [0.15, 0.2) is 0 Å². The lowest BCUT2D eigenvalue weighted by Crippen LogP contribution is -2.59. The van der Waals surface area contributed by atoms with Gasteiger partial charge in [-0.1, -0.05) is 40.0 Å². The second-order valence-electron chi connectivity index (χ2n) is 14.0. The lowest BCUT2D eigenvalue weighted by molar-refractivity contribution is -0.181. The van der Waals surface area contributed by atoms with Crippen LogP contribution in [0.4, 0.5) is 0 Å². The first-order valence-electron chi connectivity index (χ1n) is 13.8. The van der Waals surface area contributed by atoms with E-state index in [2.05, 4.69) is 20.8 Å². The molecule has 5 aliphatic rings. The van der Waals surface area contributed by atoms with Crippen LogP contribution in [-0.4, -0.2) is 23.9 Å². The van der Waals surface area contributed by atoms with Crippen molar-refractivity contribution in [3.8, 4) is 0 Å². The molecule has 2 heteroatoms. The van der Waals surface area contributed by atoms with Crippen molar-refractivity contribution in [3.63, 3.8) is 0 Å². The zero-order valence-corrected chi connectivity index (χ0v) is 21.4. The Morgan fingerprint density at radius 2 is 1.84 bits per heavy atom. The molecule has 5 fully saturated rings. The lowest BCUT2D eigenvalue weighted by Gasteiger charge is -2.63. The van der Waals surface area contributed by atoms with E-state index in [4.69, 9.17) is 4.74 Å². The van der Waals surface area contributed by atoms with Crippen molar-refractivity contribution in [2.24, 2.45) is 51.8 Å². The van der Waals surface area contributed by atoms with Gasteiger partial charge in [0, 0.05) is 12.5 Å². The number of fused-ring (bicyclic) bond motifs is 4. The summed E-state index contributed by atoms with van der Waals surface area (Å²) in [5.74, 6) is 5.40. The van der Waals surface area contributed by atoms with E-state index in [-0.39, 0.29) is 0 Å². The van der Waals surface area contributed by atoms with Crippen molar-refractivity contribution < 1.29 is 9.84 Å². The van der Waals surface area contributed by atoms with Gasteiger partial charge in [0.05, 0.1) is 11.7 Å². The molecule has 10 unspecified atom stereocenters. The molecule has 5 saturated carbocycles. The van der Waals surface area contributed by atoms with Crippen LogP contribution < -0.4 is 0 Å². The van der Waals surface area contributed by atoms with E-state index in [0.717, 1.165) is 41.9 Å². The molecular formula is C29H50O2. The first-order chi connectivity index (χ1) is 14.6. The number of ether oxygens (including phenoxy) is 1. The Morgan fingerprint density at radius 1 is 1.06 bits per heavy atom. The maximum atomic E-state index is 10.1. The molecule has 31 heavy (non-hydrogen) atoms. The van der Waals surface area contributed by atoms with E-state index < -0.39 is 5.60 Å². The van der Waals surface area contributed by atoms with Gasteiger partial charge < -0.3 is 9.84 Å². The molecule has 0 saturated heterocycles. The molecule has 0 bridgehead atoms. The summed E-state index contributed by atoms with van der Waals surface area (Å²) >= 11 is 0. The van der Waals surface area contributed by atoms with Gasteiger partial charge in [-0.3, -0.25) is 0 Å². The van der Waals surface area contributed by atoms with E-state index in [1.807, 2.05) is 21.0 Å². The van der Waals surface area contributed by atoms with Crippen molar-refractivity contribution in [1.82, 2.24) is 0 Å². The largest absolute Gasteiger partial charge is 0.390 e. The van der Waals surface area contributed by atoms with Crippen molar-refractivity contribution in [3.05, 3.63) is 0 Å². The second kappa shape index (κ2) is 7.46. The minimum atomic E-state index is -0.511. The minimum Gasteiger partial charge on any atom is -0.390 e. The molecule has 0 heterocycles. The van der Waals surface area contributed by atoms with Gasteiger partial charge in [-0.05, 0) is 118 Å². The summed E-state index contributed by atoms with van der Waals surface area (Å²) in [5, 5.41) is 10.1. The average molecular weight is 431 g/mol. The van der Waals surface area contributed by atoms with Crippen molar-refractivity contribution in [2.75, 3.05) is 7.11 Å². The SMILES string of the molecule is COC1CC2C3CCC(C(C)CCCC(C)(C)O)C3(C)CCC2C2(C)CCCC3CC312. The number of hydrogen-bond acceptors (Lipinski definition) is 2. The molecule has 5 rings (SSSR count). The topological polar surface area (TPSA) is 29.5 Å². The van der Waals surface area contributed by atoms with E-state index in [9.17, 15) is 5.11 Å². The Bertz CT molecular complexity index is 681. The predicted octanol–water partition coefficient (Wildman–Crippen LogP) is 7.24. The van der Waals surface area contributed by atoms with Gasteiger partial charge in [-0.25, -0.2) is 0 Å². The Kier molecular flexibility index (Phi) is 5.46. The summed E-state index contributed by atoms with van der Waals surface area (Å²) in [4.78, 5) is 0. The molecule has 0 amide bonds. The summed E-state index contributed by atoms with van der Waals surface area (Å²) in [7, 11) is 2.02. The highest BCUT2D eigenvalue weighted by atomic mass is 16.5. The highest BCUT2D eigenvalue weighted by Crippen LogP contribution is 2.80. The van der Waals surface area contributed by atoms with Crippen molar-refractivity contribution in [2.45, 2.75) is 123 Å². The molecule has 0 aromatic heterocycles. The third kappa shape index (κ3) is 3.23. The minimum absolute atomic E-state index is 0.511. The Morgan fingerprint density at radius 3 is 2.55 bits per heavy atom. The maximum Gasteiger partial charge on any atom is 0.0638 e. The summed E-state index contributed by atoms with van der Waals surface area (Å²) < 4.78 is 6.34. The van der Waals surface area contributed by atoms with Crippen LogP contribution in [0.5, 0.6) is 0 Å². The van der Waals surface area contributed by atoms with Crippen LogP contribution >= 0.6 is 0 Å². The maximum absolute atomic E-state index is 10.1. The van der Waals surface area contributed by atoms with Gasteiger partial charge in [-0.15, -0.1) is 0 Å². The number of rotatable bonds is 6. The summed E-state index contributed by atoms with van der Waals surface area (Å²) in [6.45, 7) is 11.9. The van der Waals surface area contributed by atoms with Gasteiger partial charge in [0.2, 0.25) is 0 Å². The fraction of sp³-hybridized carbons (Fsp3) is 1.00. The molecule has 0 aromatic carbocycles. The van der Waals surface area contributed by atoms with Gasteiger partial charge in [0.25, 0.3) is 0 Å². The van der Waals surface area contributed by atoms with Crippen LogP contribution in [-0.2, 0) is 4.74 Å². The van der Waals surface area contributed by atoms with Crippen LogP contribution in [0.1, 0.15) is 112 Å². The summed E-state index contributed by atoms with van der Waals surface area (Å²) in [6.07, 6.45) is 17.0. The molecule has 0 radical (unpaired) electrons. The van der Waals surface area contributed by atoms with Crippen LogP contribution in [0.25, 0.3) is 0 Å². The van der Waals surface area contributed by atoms with Gasteiger partial charge in [-0.2, -0.15) is 0 Å². The Balaban J connectivity index is 1.34. The highest BCUT2D eigenvalue weighted by Gasteiger charge is 2.75. The third-order valence-electron chi connectivity index (χ3n) is 12.3. The van der Waals surface area contributed by atoms with Crippen molar-refractivity contribution >= 4 is 0 Å². The van der Waals surface area contributed by atoms with Crippen LogP contribution in [0.3, 0.4) is 0 Å². The molecule has 10 atom stereocenters. The first kappa shape index (κ1) is 22.7. The number of aliphatic hydroxyl groups is 1. The van der Waals surface area contributed by atoms with E-state index in [1.54, 1.807) is 0 Å². The molecule has 178 valence electrons. The third-order valence-corrected chi connectivity index (χ3v) is 12.3. The van der Waals surface area contributed by atoms with Crippen LogP contribution in [0.2, 0.25) is 0 Å². The van der Waals surface area contributed by atoms with Crippen LogP contribution in [0, 0.1) is 51.8 Å². The quantitative estimate of drug-likeness (QED) is 0.481. The lowest BCUT2D eigenvalue weighted by atomic mass is 9.43. The Hall–Kier alpha value is -0.0800. The second-order valence-corrected chi connectivity index (χ2v) is 14.0. The number of hydrogen-bond donors (Lipinski definition) is 1. The fourth-order valence-electron chi connectivity index (χ4n) is 10.9. The molecule has 2 nitrogen and oxygen atoms in total. The van der Waals surface area contributed by atoms with Gasteiger partial charge >= 0.3 is 0 Å². The van der Waals surface area contributed by atoms with Crippen molar-refractivity contribution in [1.29, 1.82) is 0 Å². The van der Waals surface area contributed by atoms with Gasteiger partial charge in [0.1, 0.15) is 0 Å². The molecule has 1 N–H and O–H groups in total. The zero-order valence-electron chi connectivity index (χ0n) is 21.4. The molecule has 1 spiro atoms. The van der Waals surface area contributed by atoms with E-state index in [0.29, 0.717) is 22.3 Å². The average Bonchev–Trinajstić information content (AvgIpc) is 3.33. The molecule has 0 aromatic rings. The molecule has 0 aliphatic heterocycles. The normalized spacial score (nSPS) is 52.0. The molecular weight excluding hydrogens is 380 g/mol. The summed E-state index contributed by atoms with van der Waals surface area (Å²) in [6, 6.07) is 0. The highest BCUT2D eigenvalue weighted by molar-refractivity contribution is 5.24. The fourth-order valence-corrected chi connectivity index (χ4v) is 10.9. The van der Waals surface area contributed by atoms with E-state index in [1.165, 1.54) is 70.6 Å². The standard InChI is InChI=1S/C29H50O2/c1-19(9-7-14-26(2,3)30)22-11-12-23-21-17-25(31-6)29-18-20(29)10-8-15-28(29,5)24(21)13-16-27(22,23)4/h19-25,30H,7-18H2,1-6H3.